The van der Waals surface area contributed by atoms with E-state index in [1.54, 1.807) is 12.1 Å². The van der Waals surface area contributed by atoms with Crippen molar-refractivity contribution in [2.75, 3.05) is 31.1 Å². The van der Waals surface area contributed by atoms with Gasteiger partial charge in [0.15, 0.2) is 5.76 Å². The van der Waals surface area contributed by atoms with Gasteiger partial charge in [-0.3, -0.25) is 4.79 Å². The lowest BCUT2D eigenvalue weighted by Gasteiger charge is -2.40. The fourth-order valence-corrected chi connectivity index (χ4v) is 3.60. The Kier molecular flexibility index (Phi) is 3.96. The maximum Gasteiger partial charge on any atom is 0.266 e. The standard InChI is InChI=1S/C18H20N4O3/c1-12-9-13(10-12)17(23)21-4-6-22(7-5-21)18-14(11-19)20-16(25-18)15-3-2-8-24-15/h2-3,8,12-13H,4-7,9-10H2,1H3. The number of carbonyl (C=O) groups is 1. The van der Waals surface area contributed by atoms with E-state index in [1.807, 2.05) is 9.80 Å². The molecular weight excluding hydrogens is 320 g/mol. The number of oxazole rings is 1. The first-order valence-electron chi connectivity index (χ1n) is 8.64. The zero-order valence-corrected chi connectivity index (χ0v) is 14.1. The van der Waals surface area contributed by atoms with Crippen molar-refractivity contribution in [3.63, 3.8) is 0 Å². The summed E-state index contributed by atoms with van der Waals surface area (Å²) in [5.41, 5.74) is 0.249. The predicted octanol–water partition coefficient (Wildman–Crippen LogP) is 2.50. The number of rotatable bonds is 3. The third-order valence-electron chi connectivity index (χ3n) is 5.05. The Morgan fingerprint density at radius 2 is 2.08 bits per heavy atom. The molecule has 1 aliphatic heterocycles. The van der Waals surface area contributed by atoms with Crippen molar-refractivity contribution < 1.29 is 13.6 Å². The number of nitriles is 1. The average molecular weight is 340 g/mol. The van der Waals surface area contributed by atoms with Crippen LogP contribution in [0.25, 0.3) is 11.7 Å². The van der Waals surface area contributed by atoms with Gasteiger partial charge in [0.05, 0.1) is 6.26 Å². The monoisotopic (exact) mass is 340 g/mol. The van der Waals surface area contributed by atoms with Crippen LogP contribution in [-0.4, -0.2) is 42.0 Å². The molecule has 1 aliphatic carbocycles. The highest BCUT2D eigenvalue weighted by Crippen LogP contribution is 2.35. The van der Waals surface area contributed by atoms with Crippen LogP contribution >= 0.6 is 0 Å². The quantitative estimate of drug-likeness (QED) is 0.853. The summed E-state index contributed by atoms with van der Waals surface area (Å²) in [4.78, 5) is 20.6. The molecule has 130 valence electrons. The van der Waals surface area contributed by atoms with Crippen LogP contribution in [0.2, 0.25) is 0 Å². The van der Waals surface area contributed by atoms with Crippen molar-refractivity contribution in [2.24, 2.45) is 11.8 Å². The Morgan fingerprint density at radius 3 is 2.68 bits per heavy atom. The van der Waals surface area contributed by atoms with Crippen molar-refractivity contribution >= 4 is 11.8 Å². The van der Waals surface area contributed by atoms with Gasteiger partial charge >= 0.3 is 0 Å². The highest BCUT2D eigenvalue weighted by Gasteiger charge is 2.36. The van der Waals surface area contributed by atoms with E-state index in [1.165, 1.54) is 6.26 Å². The smallest absolute Gasteiger partial charge is 0.266 e. The number of anilines is 1. The topological polar surface area (TPSA) is 86.5 Å². The second kappa shape index (κ2) is 6.28. The zero-order valence-electron chi connectivity index (χ0n) is 14.1. The molecular formula is C18H20N4O3. The van der Waals surface area contributed by atoms with Crippen molar-refractivity contribution in [1.29, 1.82) is 5.26 Å². The van der Waals surface area contributed by atoms with Gasteiger partial charge in [0, 0.05) is 32.1 Å². The Bertz CT molecular complexity index is 791. The Hall–Kier alpha value is -2.75. The minimum absolute atomic E-state index is 0.201. The van der Waals surface area contributed by atoms with Gasteiger partial charge in [-0.1, -0.05) is 6.92 Å². The van der Waals surface area contributed by atoms with E-state index < -0.39 is 0 Å². The van der Waals surface area contributed by atoms with Gasteiger partial charge in [-0.2, -0.15) is 10.2 Å². The number of piperazine rings is 1. The van der Waals surface area contributed by atoms with E-state index in [0.29, 0.717) is 49.6 Å². The molecule has 1 saturated carbocycles. The summed E-state index contributed by atoms with van der Waals surface area (Å²) in [6.45, 7) is 4.74. The molecule has 0 aromatic carbocycles. The second-order valence-corrected chi connectivity index (χ2v) is 6.85. The minimum atomic E-state index is 0.201. The lowest BCUT2D eigenvalue weighted by Crippen LogP contribution is -2.52. The molecule has 0 atom stereocenters. The van der Waals surface area contributed by atoms with Gasteiger partial charge in [0.1, 0.15) is 6.07 Å². The first-order valence-corrected chi connectivity index (χ1v) is 8.64. The number of furan rings is 1. The van der Waals surface area contributed by atoms with Gasteiger partial charge in [-0.05, 0) is 30.9 Å². The molecule has 1 amide bonds. The number of carbonyl (C=O) groups excluding carboxylic acids is 1. The molecule has 25 heavy (non-hydrogen) atoms. The molecule has 1 saturated heterocycles. The molecule has 2 aromatic heterocycles. The van der Waals surface area contributed by atoms with Crippen LogP contribution in [0.1, 0.15) is 25.5 Å². The summed E-state index contributed by atoms with van der Waals surface area (Å²) < 4.78 is 11.1. The van der Waals surface area contributed by atoms with Crippen LogP contribution in [-0.2, 0) is 4.79 Å². The fraction of sp³-hybridized carbons (Fsp3) is 0.500. The molecule has 7 heteroatoms. The van der Waals surface area contributed by atoms with Crippen LogP contribution in [0.5, 0.6) is 0 Å². The van der Waals surface area contributed by atoms with Crippen molar-refractivity contribution in [1.82, 2.24) is 9.88 Å². The van der Waals surface area contributed by atoms with E-state index >= 15 is 0 Å². The van der Waals surface area contributed by atoms with Crippen LogP contribution in [0.3, 0.4) is 0 Å². The molecule has 0 bridgehead atoms. The van der Waals surface area contributed by atoms with E-state index in [4.69, 9.17) is 8.83 Å². The predicted molar refractivity (Wildman–Crippen MR) is 89.6 cm³/mol. The number of amides is 1. The Labute approximate surface area is 145 Å². The largest absolute Gasteiger partial charge is 0.459 e. The number of nitrogens with zero attached hydrogens (tertiary/aromatic N) is 4. The second-order valence-electron chi connectivity index (χ2n) is 6.85. The first-order chi connectivity index (χ1) is 12.2. The molecule has 3 heterocycles. The van der Waals surface area contributed by atoms with Crippen LogP contribution in [0.4, 0.5) is 5.88 Å². The fourth-order valence-electron chi connectivity index (χ4n) is 3.60. The molecule has 0 radical (unpaired) electrons. The summed E-state index contributed by atoms with van der Waals surface area (Å²) in [5, 5.41) is 9.34. The first kappa shape index (κ1) is 15.8. The maximum absolute atomic E-state index is 12.5. The minimum Gasteiger partial charge on any atom is -0.459 e. The molecule has 2 aliphatic rings. The SMILES string of the molecule is CC1CC(C(=O)N2CCN(c3oc(-c4ccco4)nc3C#N)CC2)C1. The normalized spacial score (nSPS) is 23.2. The van der Waals surface area contributed by atoms with E-state index in [0.717, 1.165) is 12.8 Å². The summed E-state index contributed by atoms with van der Waals surface area (Å²) in [6.07, 6.45) is 3.55. The van der Waals surface area contributed by atoms with Gasteiger partial charge < -0.3 is 18.6 Å². The molecule has 2 aromatic rings. The van der Waals surface area contributed by atoms with Gasteiger partial charge in [0.2, 0.25) is 17.5 Å². The van der Waals surface area contributed by atoms with E-state index in [-0.39, 0.29) is 17.5 Å². The van der Waals surface area contributed by atoms with Crippen molar-refractivity contribution in [3.05, 3.63) is 24.1 Å². The van der Waals surface area contributed by atoms with Crippen molar-refractivity contribution in [2.45, 2.75) is 19.8 Å². The average Bonchev–Trinajstić information content (AvgIpc) is 3.27. The molecule has 0 N–H and O–H groups in total. The van der Waals surface area contributed by atoms with Crippen LogP contribution in [0, 0.1) is 23.2 Å². The number of hydrogen-bond acceptors (Lipinski definition) is 6. The van der Waals surface area contributed by atoms with Gasteiger partial charge in [-0.25, -0.2) is 0 Å². The summed E-state index contributed by atoms with van der Waals surface area (Å²) in [6, 6.07) is 5.57. The molecule has 4 rings (SSSR count). The number of hydrogen-bond donors (Lipinski definition) is 0. The molecule has 7 nitrogen and oxygen atoms in total. The van der Waals surface area contributed by atoms with Gasteiger partial charge in [-0.15, -0.1) is 0 Å². The zero-order chi connectivity index (χ0) is 17.4. The molecule has 2 fully saturated rings. The lowest BCUT2D eigenvalue weighted by atomic mass is 9.75. The lowest BCUT2D eigenvalue weighted by molar-refractivity contribution is -0.140. The number of aromatic nitrogens is 1. The highest BCUT2D eigenvalue weighted by atomic mass is 16.4. The van der Waals surface area contributed by atoms with Crippen molar-refractivity contribution in [3.8, 4) is 17.7 Å². The molecule has 0 spiro atoms. The van der Waals surface area contributed by atoms with Crippen LogP contribution < -0.4 is 4.90 Å². The third-order valence-corrected chi connectivity index (χ3v) is 5.05. The van der Waals surface area contributed by atoms with Gasteiger partial charge in [0.25, 0.3) is 5.89 Å². The van der Waals surface area contributed by atoms with Crippen LogP contribution in [0.15, 0.2) is 27.2 Å². The Morgan fingerprint density at radius 1 is 1.32 bits per heavy atom. The summed E-state index contributed by atoms with van der Waals surface area (Å²) in [7, 11) is 0. The molecule has 0 unspecified atom stereocenters. The summed E-state index contributed by atoms with van der Waals surface area (Å²) >= 11 is 0. The Balaban J connectivity index is 1.44. The maximum atomic E-state index is 12.5. The van der Waals surface area contributed by atoms with E-state index in [9.17, 15) is 10.1 Å². The third kappa shape index (κ3) is 2.88. The summed E-state index contributed by atoms with van der Waals surface area (Å²) in [5.74, 6) is 2.40. The highest BCUT2D eigenvalue weighted by molar-refractivity contribution is 5.80. The van der Waals surface area contributed by atoms with E-state index in [2.05, 4.69) is 18.0 Å².